The number of hydrogen-bond donors (Lipinski definition) is 3. The fourth-order valence-corrected chi connectivity index (χ4v) is 4.23. The molecule has 1 aliphatic carbocycles. The summed E-state index contributed by atoms with van der Waals surface area (Å²) in [6.07, 6.45) is 10.6. The summed E-state index contributed by atoms with van der Waals surface area (Å²) in [5.74, 6) is 0.452. The lowest BCUT2D eigenvalue weighted by Crippen LogP contribution is -2.39. The first kappa shape index (κ1) is 18.6. The molecule has 4 N–H and O–H groups in total. The number of amides is 1. The van der Waals surface area contributed by atoms with Crippen molar-refractivity contribution in [3.63, 3.8) is 0 Å². The molecule has 0 unspecified atom stereocenters. The van der Waals surface area contributed by atoms with E-state index in [9.17, 15) is 9.90 Å². The monoisotopic (exact) mass is 379 g/mol. The number of aliphatic hydroxyl groups is 1. The summed E-state index contributed by atoms with van der Waals surface area (Å²) < 4.78 is 0. The highest BCUT2D eigenvalue weighted by molar-refractivity contribution is 5.97. The summed E-state index contributed by atoms with van der Waals surface area (Å²) in [5, 5.41) is 13.7. The molecular formula is C22H27N4O2+. The van der Waals surface area contributed by atoms with Gasteiger partial charge < -0.3 is 10.4 Å². The van der Waals surface area contributed by atoms with Crippen LogP contribution in [0.2, 0.25) is 0 Å². The van der Waals surface area contributed by atoms with E-state index in [1.807, 2.05) is 30.5 Å². The quantitative estimate of drug-likeness (QED) is 0.614. The van der Waals surface area contributed by atoms with Gasteiger partial charge in [-0.3, -0.25) is 9.78 Å². The fraction of sp³-hybridized carbons (Fsp3) is 0.409. The third-order valence-electron chi connectivity index (χ3n) is 5.70. The van der Waals surface area contributed by atoms with Crippen molar-refractivity contribution >= 4 is 16.9 Å². The zero-order chi connectivity index (χ0) is 19.3. The number of carbonyl (C=O) groups excluding carboxylic acids is 1. The lowest BCUT2D eigenvalue weighted by Gasteiger charge is -2.26. The predicted molar refractivity (Wildman–Crippen MR) is 108 cm³/mol. The zero-order valence-electron chi connectivity index (χ0n) is 15.9. The standard InChI is InChI=1S/C22H26N4O2/c27-13-18(11-15-5-2-1-3-6-15)26-22(28)17-8-4-7-16(12-17)20-19-9-10-23-21(19)25-14-24-20/h4,7-10,12,14-15,18,27H,1-3,5-6,11,13H2,(H,26,28)(H,23,24,25)/p+1/t18-/m0/s1. The second kappa shape index (κ2) is 8.52. The Kier molecular flexibility index (Phi) is 5.67. The van der Waals surface area contributed by atoms with Crippen LogP contribution >= 0.6 is 0 Å². The van der Waals surface area contributed by atoms with Gasteiger partial charge in [0.25, 0.3) is 5.91 Å². The van der Waals surface area contributed by atoms with E-state index in [4.69, 9.17) is 0 Å². The van der Waals surface area contributed by atoms with Gasteiger partial charge in [-0.1, -0.05) is 44.2 Å². The highest BCUT2D eigenvalue weighted by Gasteiger charge is 2.21. The van der Waals surface area contributed by atoms with Gasteiger partial charge in [0.15, 0.2) is 5.69 Å². The molecule has 6 nitrogen and oxygen atoms in total. The summed E-state index contributed by atoms with van der Waals surface area (Å²) >= 11 is 0. The summed E-state index contributed by atoms with van der Waals surface area (Å²) in [6.45, 7) is -0.0258. The number of carbonyl (C=O) groups is 1. The molecule has 3 aromatic rings. The average molecular weight is 379 g/mol. The Bertz CT molecular complexity index is 946. The molecule has 6 heteroatoms. The number of benzene rings is 1. The molecule has 1 saturated carbocycles. The number of nitrogens with one attached hydrogen (secondary N) is 3. The lowest BCUT2D eigenvalue weighted by atomic mass is 9.85. The molecule has 1 fully saturated rings. The van der Waals surface area contributed by atoms with Crippen LogP contribution in [0.5, 0.6) is 0 Å². The topological polar surface area (TPSA) is 92.2 Å². The summed E-state index contributed by atoms with van der Waals surface area (Å²) in [4.78, 5) is 23.5. The Labute approximate surface area is 164 Å². The Morgan fingerprint density at radius 1 is 1.29 bits per heavy atom. The van der Waals surface area contributed by atoms with Crippen LogP contribution in [-0.2, 0) is 0 Å². The minimum Gasteiger partial charge on any atom is -0.394 e. The maximum Gasteiger partial charge on any atom is 0.251 e. The third-order valence-corrected chi connectivity index (χ3v) is 5.70. The van der Waals surface area contributed by atoms with Crippen LogP contribution in [0.25, 0.3) is 22.3 Å². The molecule has 1 amide bonds. The van der Waals surface area contributed by atoms with Crippen molar-refractivity contribution in [3.05, 3.63) is 48.4 Å². The first-order valence-electron chi connectivity index (χ1n) is 10.1. The molecule has 0 aliphatic heterocycles. The SMILES string of the molecule is O=C(N[C@H](CO)CC1CCCCC1)c1cccc(-c2nc[nH+]c3[nH]ccc23)c1. The number of aromatic amines is 2. The summed E-state index contributed by atoms with van der Waals surface area (Å²) in [5.41, 5.74) is 3.19. The van der Waals surface area contributed by atoms with Crippen LogP contribution < -0.4 is 10.3 Å². The number of nitrogens with zero attached hydrogens (tertiary/aromatic N) is 1. The van der Waals surface area contributed by atoms with E-state index in [0.717, 1.165) is 28.7 Å². The molecule has 0 spiro atoms. The van der Waals surface area contributed by atoms with E-state index >= 15 is 0 Å². The molecule has 4 rings (SSSR count). The Morgan fingerprint density at radius 2 is 2.14 bits per heavy atom. The normalized spacial score (nSPS) is 16.2. The summed E-state index contributed by atoms with van der Waals surface area (Å²) in [6, 6.07) is 9.26. The Morgan fingerprint density at radius 3 is 2.96 bits per heavy atom. The largest absolute Gasteiger partial charge is 0.394 e. The number of hydrogen-bond acceptors (Lipinski definition) is 3. The van der Waals surface area contributed by atoms with Gasteiger partial charge in [-0.2, -0.15) is 0 Å². The van der Waals surface area contributed by atoms with Gasteiger partial charge >= 0.3 is 0 Å². The van der Waals surface area contributed by atoms with Crippen LogP contribution in [0.15, 0.2) is 42.9 Å². The van der Waals surface area contributed by atoms with Crippen LogP contribution in [0.1, 0.15) is 48.9 Å². The molecule has 28 heavy (non-hydrogen) atoms. The molecule has 1 aromatic carbocycles. The van der Waals surface area contributed by atoms with Crippen molar-refractivity contribution in [3.8, 4) is 11.3 Å². The molecule has 0 radical (unpaired) electrons. The van der Waals surface area contributed by atoms with Crippen molar-refractivity contribution in [1.29, 1.82) is 0 Å². The average Bonchev–Trinajstić information content (AvgIpc) is 3.23. The molecule has 146 valence electrons. The predicted octanol–water partition coefficient (Wildman–Crippen LogP) is 3.11. The second-order valence-corrected chi connectivity index (χ2v) is 7.69. The fourth-order valence-electron chi connectivity index (χ4n) is 4.23. The van der Waals surface area contributed by atoms with Crippen molar-refractivity contribution in [2.75, 3.05) is 6.61 Å². The minimum atomic E-state index is -0.194. The molecular weight excluding hydrogens is 352 g/mol. The van der Waals surface area contributed by atoms with E-state index in [1.165, 1.54) is 32.1 Å². The lowest BCUT2D eigenvalue weighted by molar-refractivity contribution is -0.352. The molecule has 0 saturated heterocycles. The van der Waals surface area contributed by atoms with E-state index in [1.54, 1.807) is 12.4 Å². The second-order valence-electron chi connectivity index (χ2n) is 7.69. The van der Waals surface area contributed by atoms with E-state index in [2.05, 4.69) is 20.3 Å². The molecule has 0 bridgehead atoms. The van der Waals surface area contributed by atoms with Crippen LogP contribution in [0.3, 0.4) is 0 Å². The maximum absolute atomic E-state index is 12.8. The number of H-pyrrole nitrogens is 2. The van der Waals surface area contributed by atoms with E-state index < -0.39 is 0 Å². The third kappa shape index (κ3) is 4.07. The van der Waals surface area contributed by atoms with E-state index in [-0.39, 0.29) is 18.6 Å². The number of fused-ring (bicyclic) bond motifs is 1. The Balaban J connectivity index is 1.50. The van der Waals surface area contributed by atoms with Gasteiger partial charge in [-0.25, -0.2) is 4.98 Å². The molecule has 1 atom stereocenters. The minimum absolute atomic E-state index is 0.0258. The smallest absolute Gasteiger partial charge is 0.251 e. The van der Waals surface area contributed by atoms with Gasteiger partial charge in [-0.05, 0) is 30.5 Å². The maximum atomic E-state index is 12.8. The van der Waals surface area contributed by atoms with Crippen molar-refractivity contribution in [2.45, 2.75) is 44.6 Å². The van der Waals surface area contributed by atoms with Crippen molar-refractivity contribution in [1.82, 2.24) is 15.3 Å². The van der Waals surface area contributed by atoms with Gasteiger partial charge in [0.2, 0.25) is 12.0 Å². The number of rotatable bonds is 6. The van der Waals surface area contributed by atoms with Gasteiger partial charge in [-0.15, -0.1) is 4.98 Å². The Hall–Kier alpha value is -2.73. The van der Waals surface area contributed by atoms with Crippen LogP contribution in [0.4, 0.5) is 0 Å². The highest BCUT2D eigenvalue weighted by Crippen LogP contribution is 2.28. The highest BCUT2D eigenvalue weighted by atomic mass is 16.3. The number of aliphatic hydroxyl groups excluding tert-OH is 1. The van der Waals surface area contributed by atoms with Crippen LogP contribution in [0, 0.1) is 5.92 Å². The molecule has 2 aromatic heterocycles. The zero-order valence-corrected chi connectivity index (χ0v) is 15.9. The first-order valence-corrected chi connectivity index (χ1v) is 10.1. The molecule has 1 aliphatic rings. The van der Waals surface area contributed by atoms with E-state index in [0.29, 0.717) is 11.5 Å². The van der Waals surface area contributed by atoms with Crippen LogP contribution in [-0.4, -0.2) is 33.6 Å². The van der Waals surface area contributed by atoms with Gasteiger partial charge in [0.1, 0.15) is 0 Å². The first-order chi connectivity index (χ1) is 13.7. The van der Waals surface area contributed by atoms with Crippen molar-refractivity contribution < 1.29 is 14.9 Å². The van der Waals surface area contributed by atoms with Gasteiger partial charge in [0.05, 0.1) is 24.2 Å². The summed E-state index contributed by atoms with van der Waals surface area (Å²) in [7, 11) is 0. The van der Waals surface area contributed by atoms with Crippen molar-refractivity contribution in [2.24, 2.45) is 5.92 Å². The van der Waals surface area contributed by atoms with Gasteiger partial charge in [0, 0.05) is 11.1 Å². The number of aromatic nitrogens is 3. The molecule has 2 heterocycles.